The van der Waals surface area contributed by atoms with E-state index in [1.54, 1.807) is 23.2 Å². The number of nitrogens with one attached hydrogen (secondary N) is 1. The molecule has 1 saturated heterocycles. The number of benzene rings is 1. The fourth-order valence-electron chi connectivity index (χ4n) is 4.24. The molecule has 1 aromatic carbocycles. The van der Waals surface area contributed by atoms with E-state index in [-0.39, 0.29) is 18.3 Å². The number of piperidine rings is 1. The van der Waals surface area contributed by atoms with Gasteiger partial charge in [0.2, 0.25) is 5.82 Å². The second-order valence-electron chi connectivity index (χ2n) is 7.56. The molecule has 2 aliphatic rings. The zero-order chi connectivity index (χ0) is 19.3. The van der Waals surface area contributed by atoms with Gasteiger partial charge in [-0.15, -0.1) is 5.10 Å². The van der Waals surface area contributed by atoms with Crippen molar-refractivity contribution in [1.29, 1.82) is 0 Å². The van der Waals surface area contributed by atoms with Gasteiger partial charge in [0.1, 0.15) is 0 Å². The summed E-state index contributed by atoms with van der Waals surface area (Å²) < 4.78 is 1.53. The van der Waals surface area contributed by atoms with E-state index >= 15 is 0 Å². The van der Waals surface area contributed by atoms with E-state index in [4.69, 9.17) is 11.6 Å². The molecule has 0 aliphatic carbocycles. The SMILES string of the molecule is O=C(c1nc2cc(Cl)ccn2n1)N1CC[C@]2(Cc3ccccc3CN2)[C@H](O)C1. The van der Waals surface area contributed by atoms with Crippen molar-refractivity contribution in [2.45, 2.75) is 31.0 Å². The molecule has 1 fully saturated rings. The van der Waals surface area contributed by atoms with Gasteiger partial charge >= 0.3 is 0 Å². The predicted octanol–water partition coefficient (Wildman–Crippen LogP) is 1.67. The highest BCUT2D eigenvalue weighted by Gasteiger charge is 2.45. The number of carbonyl (C=O) groups is 1. The fraction of sp³-hybridized carbons (Fsp3) is 0.350. The molecule has 2 aliphatic heterocycles. The van der Waals surface area contributed by atoms with Gasteiger partial charge in [0.15, 0.2) is 5.65 Å². The highest BCUT2D eigenvalue weighted by atomic mass is 35.5. The van der Waals surface area contributed by atoms with Crippen LogP contribution in [-0.2, 0) is 13.0 Å². The summed E-state index contributed by atoms with van der Waals surface area (Å²) in [7, 11) is 0. The van der Waals surface area contributed by atoms with E-state index in [1.807, 2.05) is 12.1 Å². The molecule has 2 N–H and O–H groups in total. The number of aromatic nitrogens is 3. The predicted molar refractivity (Wildman–Crippen MR) is 104 cm³/mol. The maximum Gasteiger partial charge on any atom is 0.293 e. The number of likely N-dealkylation sites (tertiary alicyclic amines) is 1. The summed E-state index contributed by atoms with van der Waals surface area (Å²) >= 11 is 5.98. The molecule has 28 heavy (non-hydrogen) atoms. The number of β-amino-alcohol motifs (C(OH)–C–C–N with tert-alkyl or cyclic N) is 1. The Morgan fingerprint density at radius 3 is 2.93 bits per heavy atom. The number of nitrogens with zero attached hydrogens (tertiary/aromatic N) is 4. The first-order valence-corrected chi connectivity index (χ1v) is 9.73. The third-order valence-corrected chi connectivity index (χ3v) is 6.13. The molecular weight excluding hydrogens is 378 g/mol. The molecule has 0 radical (unpaired) electrons. The summed E-state index contributed by atoms with van der Waals surface area (Å²) in [6.07, 6.45) is 2.44. The van der Waals surface area contributed by atoms with E-state index in [0.29, 0.717) is 23.6 Å². The molecule has 5 rings (SSSR count). The van der Waals surface area contributed by atoms with Crippen molar-refractivity contribution in [3.8, 4) is 0 Å². The van der Waals surface area contributed by atoms with Crippen molar-refractivity contribution in [3.63, 3.8) is 0 Å². The van der Waals surface area contributed by atoms with Crippen LogP contribution in [-0.4, -0.2) is 55.2 Å². The molecule has 8 heteroatoms. The largest absolute Gasteiger partial charge is 0.389 e. The van der Waals surface area contributed by atoms with Crippen LogP contribution in [0, 0.1) is 0 Å². The van der Waals surface area contributed by atoms with Gasteiger partial charge in [-0.2, -0.15) is 0 Å². The van der Waals surface area contributed by atoms with Crippen molar-refractivity contribution in [2.75, 3.05) is 13.1 Å². The molecule has 7 nitrogen and oxygen atoms in total. The molecule has 0 saturated carbocycles. The lowest BCUT2D eigenvalue weighted by Gasteiger charge is -2.48. The van der Waals surface area contributed by atoms with Gasteiger partial charge in [-0.1, -0.05) is 35.9 Å². The zero-order valence-corrected chi connectivity index (χ0v) is 15.9. The monoisotopic (exact) mass is 397 g/mol. The maximum atomic E-state index is 12.9. The summed E-state index contributed by atoms with van der Waals surface area (Å²) in [5.41, 5.74) is 2.66. The van der Waals surface area contributed by atoms with Gasteiger partial charge in [-0.05, 0) is 30.0 Å². The summed E-state index contributed by atoms with van der Waals surface area (Å²) in [6, 6.07) is 11.7. The third-order valence-electron chi connectivity index (χ3n) is 5.89. The lowest BCUT2D eigenvalue weighted by Crippen LogP contribution is -2.65. The molecule has 2 aromatic heterocycles. The number of fused-ring (bicyclic) bond motifs is 2. The average Bonchev–Trinajstić information content (AvgIpc) is 3.13. The van der Waals surface area contributed by atoms with Crippen molar-refractivity contribution in [3.05, 3.63) is 64.6 Å². The number of carbonyl (C=O) groups excluding carboxylic acids is 1. The molecule has 0 unspecified atom stereocenters. The van der Waals surface area contributed by atoms with Crippen molar-refractivity contribution < 1.29 is 9.90 Å². The summed E-state index contributed by atoms with van der Waals surface area (Å²) in [4.78, 5) is 18.8. The quantitative estimate of drug-likeness (QED) is 0.652. The Morgan fingerprint density at radius 2 is 2.11 bits per heavy atom. The topological polar surface area (TPSA) is 82.8 Å². The molecule has 0 bridgehead atoms. The Morgan fingerprint density at radius 1 is 1.29 bits per heavy atom. The first-order valence-electron chi connectivity index (χ1n) is 9.35. The highest BCUT2D eigenvalue weighted by Crippen LogP contribution is 2.32. The fourth-order valence-corrected chi connectivity index (χ4v) is 4.39. The van der Waals surface area contributed by atoms with E-state index in [2.05, 4.69) is 27.5 Å². The average molecular weight is 398 g/mol. The van der Waals surface area contributed by atoms with E-state index in [0.717, 1.165) is 13.0 Å². The second kappa shape index (κ2) is 6.55. The molecule has 3 aromatic rings. The number of pyridine rings is 1. The van der Waals surface area contributed by atoms with Crippen LogP contribution in [0.5, 0.6) is 0 Å². The van der Waals surface area contributed by atoms with Gasteiger partial charge < -0.3 is 15.3 Å². The van der Waals surface area contributed by atoms with Gasteiger partial charge in [-0.3, -0.25) is 4.79 Å². The van der Waals surface area contributed by atoms with Gasteiger partial charge in [0.25, 0.3) is 5.91 Å². The van der Waals surface area contributed by atoms with Crippen LogP contribution < -0.4 is 5.32 Å². The number of hydrogen-bond acceptors (Lipinski definition) is 5. The molecule has 144 valence electrons. The summed E-state index contributed by atoms with van der Waals surface area (Å²) in [6.45, 7) is 1.53. The number of aliphatic hydroxyl groups excluding tert-OH is 1. The van der Waals surface area contributed by atoms with Crippen molar-refractivity contribution in [2.24, 2.45) is 0 Å². The second-order valence-corrected chi connectivity index (χ2v) is 7.99. The van der Waals surface area contributed by atoms with E-state index in [1.165, 1.54) is 15.6 Å². The molecule has 1 amide bonds. The van der Waals surface area contributed by atoms with Crippen LogP contribution in [0.2, 0.25) is 5.02 Å². The van der Waals surface area contributed by atoms with Crippen LogP contribution in [0.1, 0.15) is 28.2 Å². The third kappa shape index (κ3) is 2.87. The Labute approximate surface area is 166 Å². The first-order chi connectivity index (χ1) is 13.5. The van der Waals surface area contributed by atoms with Crippen LogP contribution >= 0.6 is 11.6 Å². The Kier molecular flexibility index (Phi) is 4.12. The minimum atomic E-state index is -0.662. The van der Waals surface area contributed by atoms with Gasteiger partial charge in [0.05, 0.1) is 11.6 Å². The van der Waals surface area contributed by atoms with Crippen LogP contribution in [0.4, 0.5) is 0 Å². The van der Waals surface area contributed by atoms with Crippen LogP contribution in [0.3, 0.4) is 0 Å². The number of amides is 1. The Bertz CT molecular complexity index is 1070. The van der Waals surface area contributed by atoms with Crippen molar-refractivity contribution in [1.82, 2.24) is 24.8 Å². The summed E-state index contributed by atoms with van der Waals surface area (Å²) in [5.74, 6) is -0.155. The first kappa shape index (κ1) is 17.6. The number of rotatable bonds is 1. The number of aliphatic hydroxyl groups is 1. The normalized spacial score (nSPS) is 24.5. The molecular formula is C20H20ClN5O2. The van der Waals surface area contributed by atoms with Gasteiger partial charge in [-0.25, -0.2) is 9.50 Å². The van der Waals surface area contributed by atoms with Gasteiger partial charge in [0, 0.05) is 36.9 Å². The van der Waals surface area contributed by atoms with Crippen molar-refractivity contribution >= 4 is 23.2 Å². The number of halogens is 1. The molecule has 4 heterocycles. The standard InChI is InChI=1S/C20H20ClN5O2/c21-15-5-7-26-17(9-15)23-18(24-26)19(28)25-8-6-20(16(27)12-25)10-13-3-1-2-4-14(13)11-22-20/h1-5,7,9,16,22,27H,6,8,10-12H2/t16-,20+/m1/s1. The van der Waals surface area contributed by atoms with E-state index < -0.39 is 11.6 Å². The lowest BCUT2D eigenvalue weighted by molar-refractivity contribution is -0.0142. The molecule has 2 atom stereocenters. The lowest BCUT2D eigenvalue weighted by atomic mass is 9.76. The highest BCUT2D eigenvalue weighted by molar-refractivity contribution is 6.30. The van der Waals surface area contributed by atoms with Crippen LogP contribution in [0.15, 0.2) is 42.6 Å². The maximum absolute atomic E-state index is 12.9. The molecule has 1 spiro atoms. The summed E-state index contributed by atoms with van der Waals surface area (Å²) in [5, 5.41) is 19.2. The number of hydrogen-bond donors (Lipinski definition) is 2. The van der Waals surface area contributed by atoms with Crippen LogP contribution in [0.25, 0.3) is 5.65 Å². The van der Waals surface area contributed by atoms with E-state index in [9.17, 15) is 9.90 Å². The Balaban J connectivity index is 1.35. The smallest absolute Gasteiger partial charge is 0.293 e. The minimum Gasteiger partial charge on any atom is -0.389 e. The zero-order valence-electron chi connectivity index (χ0n) is 15.2. The minimum absolute atomic E-state index is 0.118. The Hall–Kier alpha value is -2.48.